The average molecular weight is 246 g/mol. The monoisotopic (exact) mass is 246 g/mol. The molecule has 5 heteroatoms. The number of para-hydroxylation sites is 2. The Morgan fingerprint density at radius 3 is 3.00 bits per heavy atom. The van der Waals surface area contributed by atoms with Crippen molar-refractivity contribution >= 4 is 16.9 Å². The number of rotatable bonds is 6. The molecule has 0 saturated heterocycles. The number of nitrogens with zero attached hydrogens (tertiary/aromatic N) is 2. The van der Waals surface area contributed by atoms with Crippen LogP contribution < -0.4 is 11.1 Å². The van der Waals surface area contributed by atoms with Crippen LogP contribution in [0.25, 0.3) is 11.0 Å². The smallest absolute Gasteiger partial charge is 0.234 e. The van der Waals surface area contributed by atoms with E-state index in [9.17, 15) is 4.79 Å². The van der Waals surface area contributed by atoms with Crippen molar-refractivity contribution in [3.63, 3.8) is 0 Å². The summed E-state index contributed by atoms with van der Waals surface area (Å²) in [6, 6.07) is 7.66. The number of nitrogens with one attached hydrogen (secondary N) is 1. The van der Waals surface area contributed by atoms with Gasteiger partial charge in [0.05, 0.1) is 23.4 Å². The van der Waals surface area contributed by atoms with E-state index < -0.39 is 0 Å². The number of amides is 1. The highest BCUT2D eigenvalue weighted by molar-refractivity contribution is 5.79. The molecule has 1 atom stereocenters. The van der Waals surface area contributed by atoms with Crippen LogP contribution in [-0.4, -0.2) is 28.0 Å². The lowest BCUT2D eigenvalue weighted by Crippen LogP contribution is -2.41. The number of primary amides is 1. The summed E-state index contributed by atoms with van der Waals surface area (Å²) in [4.78, 5) is 15.6. The van der Waals surface area contributed by atoms with Crippen molar-refractivity contribution in [1.82, 2.24) is 14.9 Å². The maximum atomic E-state index is 11.2. The first-order valence-corrected chi connectivity index (χ1v) is 6.15. The van der Waals surface area contributed by atoms with Crippen LogP contribution in [0.15, 0.2) is 30.6 Å². The largest absolute Gasteiger partial charge is 0.368 e. The highest BCUT2D eigenvalue weighted by atomic mass is 16.1. The second-order valence-corrected chi connectivity index (χ2v) is 4.23. The summed E-state index contributed by atoms with van der Waals surface area (Å²) in [5.41, 5.74) is 7.40. The van der Waals surface area contributed by atoms with E-state index in [1.54, 1.807) is 6.33 Å². The van der Waals surface area contributed by atoms with Gasteiger partial charge in [0, 0.05) is 6.54 Å². The standard InChI is InChI=1S/C13H18N4O/c1-2-15-11(13(14)18)7-8-17-9-16-10-5-3-4-6-12(10)17/h3-6,9,11,15H,2,7-8H2,1H3,(H2,14,18). The highest BCUT2D eigenvalue weighted by Crippen LogP contribution is 2.12. The normalized spacial score (nSPS) is 12.7. The molecular weight excluding hydrogens is 228 g/mol. The number of carbonyl (C=O) groups is 1. The summed E-state index contributed by atoms with van der Waals surface area (Å²) in [6.45, 7) is 3.42. The summed E-state index contributed by atoms with van der Waals surface area (Å²) in [7, 11) is 0. The number of carbonyl (C=O) groups excluding carboxylic acids is 1. The summed E-state index contributed by atoms with van der Waals surface area (Å²) >= 11 is 0. The molecule has 1 aromatic heterocycles. The van der Waals surface area contributed by atoms with Gasteiger partial charge >= 0.3 is 0 Å². The zero-order valence-corrected chi connectivity index (χ0v) is 10.5. The molecule has 0 aliphatic rings. The molecule has 3 N–H and O–H groups in total. The van der Waals surface area contributed by atoms with E-state index in [1.807, 2.05) is 35.8 Å². The lowest BCUT2D eigenvalue weighted by Gasteiger charge is -2.14. The Balaban J connectivity index is 2.07. The second-order valence-electron chi connectivity index (χ2n) is 4.23. The molecule has 0 saturated carbocycles. The minimum Gasteiger partial charge on any atom is -0.368 e. The van der Waals surface area contributed by atoms with Crippen LogP contribution in [0.2, 0.25) is 0 Å². The Morgan fingerprint density at radius 2 is 2.28 bits per heavy atom. The topological polar surface area (TPSA) is 72.9 Å². The molecular formula is C13H18N4O. The quantitative estimate of drug-likeness (QED) is 0.795. The lowest BCUT2D eigenvalue weighted by molar-refractivity contribution is -0.120. The second kappa shape index (κ2) is 5.64. The molecule has 1 unspecified atom stereocenters. The molecule has 0 fully saturated rings. The number of likely N-dealkylation sites (N-methyl/N-ethyl adjacent to an activating group) is 1. The van der Waals surface area contributed by atoms with E-state index in [1.165, 1.54) is 0 Å². The molecule has 1 amide bonds. The van der Waals surface area contributed by atoms with Crippen molar-refractivity contribution in [2.75, 3.05) is 6.54 Å². The molecule has 2 rings (SSSR count). The third-order valence-electron chi connectivity index (χ3n) is 2.98. The van der Waals surface area contributed by atoms with Gasteiger partial charge in [-0.1, -0.05) is 19.1 Å². The van der Waals surface area contributed by atoms with E-state index in [0.717, 1.165) is 24.1 Å². The molecule has 0 bridgehead atoms. The Hall–Kier alpha value is -1.88. The molecule has 96 valence electrons. The van der Waals surface area contributed by atoms with Crippen LogP contribution in [-0.2, 0) is 11.3 Å². The fourth-order valence-corrected chi connectivity index (χ4v) is 2.05. The number of fused-ring (bicyclic) bond motifs is 1. The Bertz CT molecular complexity index is 535. The van der Waals surface area contributed by atoms with Gasteiger partial charge in [0.1, 0.15) is 0 Å². The maximum absolute atomic E-state index is 11.2. The predicted octanol–water partition coefficient (Wildman–Crippen LogP) is 0.890. The van der Waals surface area contributed by atoms with Crippen molar-refractivity contribution in [2.45, 2.75) is 25.9 Å². The van der Waals surface area contributed by atoms with Gasteiger partial charge in [-0.2, -0.15) is 0 Å². The molecule has 0 spiro atoms. The maximum Gasteiger partial charge on any atom is 0.234 e. The molecule has 1 heterocycles. The molecule has 18 heavy (non-hydrogen) atoms. The van der Waals surface area contributed by atoms with Crippen LogP contribution in [0.3, 0.4) is 0 Å². The molecule has 0 radical (unpaired) electrons. The minimum atomic E-state index is -0.304. The van der Waals surface area contributed by atoms with Crippen LogP contribution >= 0.6 is 0 Å². The molecule has 5 nitrogen and oxygen atoms in total. The third kappa shape index (κ3) is 2.68. The van der Waals surface area contributed by atoms with Crippen molar-refractivity contribution in [3.8, 4) is 0 Å². The van der Waals surface area contributed by atoms with Crippen molar-refractivity contribution in [3.05, 3.63) is 30.6 Å². The first-order valence-electron chi connectivity index (χ1n) is 6.15. The number of hydrogen-bond acceptors (Lipinski definition) is 3. The van der Waals surface area contributed by atoms with Crippen LogP contribution in [0, 0.1) is 0 Å². The highest BCUT2D eigenvalue weighted by Gasteiger charge is 2.13. The van der Waals surface area contributed by atoms with E-state index in [4.69, 9.17) is 5.73 Å². The zero-order chi connectivity index (χ0) is 13.0. The van der Waals surface area contributed by atoms with Crippen LogP contribution in [0.5, 0.6) is 0 Å². The summed E-state index contributed by atoms with van der Waals surface area (Å²) in [6.07, 6.45) is 2.47. The molecule has 0 aliphatic heterocycles. The Kier molecular flexibility index (Phi) is 3.94. The van der Waals surface area contributed by atoms with Gasteiger partial charge in [-0.15, -0.1) is 0 Å². The Morgan fingerprint density at radius 1 is 1.50 bits per heavy atom. The summed E-state index contributed by atoms with van der Waals surface area (Å²) < 4.78 is 2.04. The van der Waals surface area contributed by atoms with Gasteiger partial charge in [-0.3, -0.25) is 4.79 Å². The predicted molar refractivity (Wildman–Crippen MR) is 71.0 cm³/mol. The zero-order valence-electron chi connectivity index (χ0n) is 10.5. The van der Waals surface area contributed by atoms with Crippen molar-refractivity contribution in [2.24, 2.45) is 5.73 Å². The number of imidazole rings is 1. The first-order chi connectivity index (χ1) is 8.72. The van der Waals surface area contributed by atoms with Gasteiger partial charge in [-0.05, 0) is 25.1 Å². The van der Waals surface area contributed by atoms with E-state index >= 15 is 0 Å². The fourth-order valence-electron chi connectivity index (χ4n) is 2.05. The van der Waals surface area contributed by atoms with Gasteiger partial charge in [0.2, 0.25) is 5.91 Å². The number of aromatic nitrogens is 2. The number of hydrogen-bond donors (Lipinski definition) is 2. The summed E-state index contributed by atoms with van der Waals surface area (Å²) in [5.74, 6) is -0.304. The van der Waals surface area contributed by atoms with Crippen LogP contribution in [0.4, 0.5) is 0 Å². The molecule has 2 aromatic rings. The first kappa shape index (κ1) is 12.6. The average Bonchev–Trinajstić information content (AvgIpc) is 2.77. The SMILES string of the molecule is CCNC(CCn1cnc2ccccc21)C(N)=O. The van der Waals surface area contributed by atoms with Crippen LogP contribution in [0.1, 0.15) is 13.3 Å². The van der Waals surface area contributed by atoms with Crippen molar-refractivity contribution < 1.29 is 4.79 Å². The van der Waals surface area contributed by atoms with E-state index in [0.29, 0.717) is 6.42 Å². The summed E-state index contributed by atoms with van der Waals surface area (Å²) in [5, 5.41) is 3.08. The van der Waals surface area contributed by atoms with E-state index in [-0.39, 0.29) is 11.9 Å². The van der Waals surface area contributed by atoms with E-state index in [2.05, 4.69) is 10.3 Å². The van der Waals surface area contributed by atoms with Gasteiger partial charge in [0.15, 0.2) is 0 Å². The van der Waals surface area contributed by atoms with Gasteiger partial charge < -0.3 is 15.6 Å². The fraction of sp³-hybridized carbons (Fsp3) is 0.385. The molecule has 1 aromatic carbocycles. The minimum absolute atomic E-state index is 0.281. The number of nitrogens with two attached hydrogens (primary N) is 1. The Labute approximate surface area is 106 Å². The molecule has 0 aliphatic carbocycles. The van der Waals surface area contributed by atoms with Gasteiger partial charge in [-0.25, -0.2) is 4.98 Å². The third-order valence-corrected chi connectivity index (χ3v) is 2.98. The number of aryl methyl sites for hydroxylation is 1. The number of benzene rings is 1. The lowest BCUT2D eigenvalue weighted by atomic mass is 10.2. The van der Waals surface area contributed by atoms with Gasteiger partial charge in [0.25, 0.3) is 0 Å². The van der Waals surface area contributed by atoms with Crippen molar-refractivity contribution in [1.29, 1.82) is 0 Å².